The molecular weight excluding hydrogens is 339 g/mol. The standard InChI is InChI=1S/C10H13N2O10P/c13-6-8(22-23(18,19)20)3-4-21-10-2-1-7(11(14)15)5-9(10)12(16)17/h1-2,5,8,13H,3-4,6H2,(H2,18,19,20). The Morgan fingerprint density at radius 3 is 2.35 bits per heavy atom. The molecule has 0 fully saturated rings. The topological polar surface area (TPSA) is 182 Å². The molecule has 0 aliphatic rings. The number of nitro groups is 2. The largest absolute Gasteiger partial charge is 0.487 e. The Balaban J connectivity index is 2.75. The highest BCUT2D eigenvalue weighted by Crippen LogP contribution is 2.38. The highest BCUT2D eigenvalue weighted by atomic mass is 31.2. The SMILES string of the molecule is O=[N+]([O-])c1ccc(OCCC(CO)OP(=O)(O)O)c([N+](=O)[O-])c1. The summed E-state index contributed by atoms with van der Waals surface area (Å²) in [5.74, 6) is -0.256. The summed E-state index contributed by atoms with van der Waals surface area (Å²) in [6.07, 6.45) is -1.40. The highest BCUT2D eigenvalue weighted by molar-refractivity contribution is 7.46. The fraction of sp³-hybridized carbons (Fsp3) is 0.400. The fourth-order valence-corrected chi connectivity index (χ4v) is 2.12. The van der Waals surface area contributed by atoms with E-state index in [9.17, 15) is 24.8 Å². The number of rotatable bonds is 9. The highest BCUT2D eigenvalue weighted by Gasteiger charge is 2.23. The number of phosphoric ester groups is 1. The van der Waals surface area contributed by atoms with Crippen LogP contribution in [-0.4, -0.2) is 44.1 Å². The zero-order chi connectivity index (χ0) is 17.6. The van der Waals surface area contributed by atoms with Crippen molar-refractivity contribution in [2.75, 3.05) is 13.2 Å². The lowest BCUT2D eigenvalue weighted by atomic mass is 10.2. The van der Waals surface area contributed by atoms with E-state index in [2.05, 4.69) is 4.52 Å². The van der Waals surface area contributed by atoms with E-state index < -0.39 is 41.8 Å². The van der Waals surface area contributed by atoms with E-state index >= 15 is 0 Å². The van der Waals surface area contributed by atoms with Crippen molar-refractivity contribution in [3.8, 4) is 5.75 Å². The molecule has 1 aromatic rings. The van der Waals surface area contributed by atoms with Crippen molar-refractivity contribution in [3.63, 3.8) is 0 Å². The number of hydrogen-bond donors (Lipinski definition) is 3. The Hall–Kier alpha value is -2.11. The monoisotopic (exact) mass is 352 g/mol. The van der Waals surface area contributed by atoms with Crippen molar-refractivity contribution in [1.82, 2.24) is 0 Å². The maximum atomic E-state index is 10.9. The molecule has 1 atom stereocenters. The van der Waals surface area contributed by atoms with Crippen molar-refractivity contribution < 1.29 is 38.6 Å². The minimum absolute atomic E-state index is 0.171. The molecule has 23 heavy (non-hydrogen) atoms. The van der Waals surface area contributed by atoms with Crippen LogP contribution >= 0.6 is 7.82 Å². The van der Waals surface area contributed by atoms with Gasteiger partial charge in [-0.3, -0.25) is 24.8 Å². The van der Waals surface area contributed by atoms with E-state index in [-0.39, 0.29) is 18.8 Å². The van der Waals surface area contributed by atoms with Crippen molar-refractivity contribution in [3.05, 3.63) is 38.4 Å². The zero-order valence-electron chi connectivity index (χ0n) is 11.5. The first-order valence-corrected chi connectivity index (χ1v) is 7.57. The molecule has 128 valence electrons. The Bertz CT molecular complexity index is 630. The molecule has 13 heteroatoms. The van der Waals surface area contributed by atoms with E-state index in [1.54, 1.807) is 0 Å². The number of non-ortho nitro benzene ring substituents is 1. The number of aliphatic hydroxyl groups excluding tert-OH is 1. The van der Waals surface area contributed by atoms with Crippen LogP contribution in [0.2, 0.25) is 0 Å². The number of phosphoric acid groups is 1. The van der Waals surface area contributed by atoms with Crippen molar-refractivity contribution in [2.45, 2.75) is 12.5 Å². The lowest BCUT2D eigenvalue weighted by molar-refractivity contribution is -0.394. The predicted octanol–water partition coefficient (Wildman–Crippen LogP) is 0.742. The van der Waals surface area contributed by atoms with Crippen LogP contribution in [0.5, 0.6) is 5.75 Å². The summed E-state index contributed by atoms with van der Waals surface area (Å²) < 4.78 is 20.0. The Kier molecular flexibility index (Phi) is 6.54. The molecule has 12 nitrogen and oxygen atoms in total. The van der Waals surface area contributed by atoms with Crippen LogP contribution < -0.4 is 4.74 Å². The third-order valence-corrected chi connectivity index (χ3v) is 3.11. The molecule has 3 N–H and O–H groups in total. The molecule has 0 bridgehead atoms. The van der Waals surface area contributed by atoms with Gasteiger partial charge in [-0.05, 0) is 6.07 Å². The summed E-state index contributed by atoms with van der Waals surface area (Å²) in [4.78, 5) is 37.0. The minimum atomic E-state index is -4.79. The summed E-state index contributed by atoms with van der Waals surface area (Å²) in [6, 6.07) is 2.77. The molecular formula is C10H13N2O10P. The maximum Gasteiger partial charge on any atom is 0.469 e. The third kappa shape index (κ3) is 6.26. The van der Waals surface area contributed by atoms with Crippen LogP contribution in [0.1, 0.15) is 6.42 Å². The summed E-state index contributed by atoms with van der Waals surface area (Å²) in [5, 5.41) is 30.4. The predicted molar refractivity (Wildman–Crippen MR) is 73.9 cm³/mol. The lowest BCUT2D eigenvalue weighted by Crippen LogP contribution is -2.19. The molecule has 0 aromatic heterocycles. The number of aliphatic hydroxyl groups is 1. The molecule has 0 spiro atoms. The minimum Gasteiger partial charge on any atom is -0.487 e. The molecule has 0 saturated heterocycles. The second kappa shape index (κ2) is 7.94. The van der Waals surface area contributed by atoms with Crippen LogP contribution in [0.25, 0.3) is 0 Å². The second-order valence-electron chi connectivity index (χ2n) is 4.20. The molecule has 0 heterocycles. The molecule has 0 aliphatic carbocycles. The average molecular weight is 352 g/mol. The van der Waals surface area contributed by atoms with Gasteiger partial charge < -0.3 is 19.6 Å². The smallest absolute Gasteiger partial charge is 0.469 e. The van der Waals surface area contributed by atoms with Gasteiger partial charge >= 0.3 is 13.5 Å². The molecule has 0 radical (unpaired) electrons. The van der Waals surface area contributed by atoms with Crippen molar-refractivity contribution >= 4 is 19.2 Å². The molecule has 0 aliphatic heterocycles. The van der Waals surface area contributed by atoms with Crippen molar-refractivity contribution in [2.24, 2.45) is 0 Å². The third-order valence-electron chi connectivity index (χ3n) is 2.54. The van der Waals surface area contributed by atoms with E-state index in [0.717, 1.165) is 18.2 Å². The molecule has 0 saturated carbocycles. The van der Waals surface area contributed by atoms with Gasteiger partial charge in [-0.25, -0.2) is 4.57 Å². The van der Waals surface area contributed by atoms with Crippen LogP contribution in [0.3, 0.4) is 0 Å². The number of ether oxygens (including phenoxy) is 1. The summed E-state index contributed by atoms with van der Waals surface area (Å²) in [7, 11) is -4.79. The Morgan fingerprint density at radius 1 is 1.22 bits per heavy atom. The van der Waals surface area contributed by atoms with Gasteiger partial charge in [-0.2, -0.15) is 0 Å². The van der Waals surface area contributed by atoms with Gasteiger partial charge in [0.05, 0.1) is 35.2 Å². The van der Waals surface area contributed by atoms with Gasteiger partial charge in [-0.15, -0.1) is 0 Å². The Morgan fingerprint density at radius 2 is 1.87 bits per heavy atom. The molecule has 0 amide bonds. The summed E-state index contributed by atoms with van der Waals surface area (Å²) in [6.45, 7) is -0.972. The van der Waals surface area contributed by atoms with Gasteiger partial charge in [0.25, 0.3) is 5.69 Å². The molecule has 1 unspecified atom stereocenters. The second-order valence-corrected chi connectivity index (χ2v) is 5.40. The number of nitro benzene ring substituents is 2. The fourth-order valence-electron chi connectivity index (χ4n) is 1.56. The van der Waals surface area contributed by atoms with Gasteiger partial charge in [-0.1, -0.05) is 0 Å². The van der Waals surface area contributed by atoms with Crippen molar-refractivity contribution in [1.29, 1.82) is 0 Å². The van der Waals surface area contributed by atoms with E-state index in [1.807, 2.05) is 0 Å². The molecule has 1 rings (SSSR count). The first-order valence-electron chi connectivity index (χ1n) is 6.04. The first kappa shape index (κ1) is 18.9. The van der Waals surface area contributed by atoms with Crippen LogP contribution in [0.15, 0.2) is 18.2 Å². The van der Waals surface area contributed by atoms with Gasteiger partial charge in [0, 0.05) is 12.5 Å². The maximum absolute atomic E-state index is 10.9. The van der Waals surface area contributed by atoms with Crippen LogP contribution in [0, 0.1) is 20.2 Å². The quantitative estimate of drug-likeness (QED) is 0.325. The van der Waals surface area contributed by atoms with E-state index in [1.165, 1.54) is 0 Å². The Labute approximate surface area is 128 Å². The number of hydrogen-bond acceptors (Lipinski definition) is 8. The van der Waals surface area contributed by atoms with Gasteiger partial charge in [0.15, 0.2) is 5.75 Å². The average Bonchev–Trinajstić information content (AvgIpc) is 2.44. The number of benzene rings is 1. The number of nitrogens with zero attached hydrogens (tertiary/aromatic N) is 2. The van der Waals surface area contributed by atoms with Gasteiger partial charge in [0.2, 0.25) is 0 Å². The first-order chi connectivity index (χ1) is 10.6. The molecule has 1 aromatic carbocycles. The summed E-state index contributed by atoms with van der Waals surface area (Å²) >= 11 is 0. The van der Waals surface area contributed by atoms with Crippen LogP contribution in [0.4, 0.5) is 11.4 Å². The van der Waals surface area contributed by atoms with Crippen LogP contribution in [-0.2, 0) is 9.09 Å². The zero-order valence-corrected chi connectivity index (χ0v) is 12.4. The summed E-state index contributed by atoms with van der Waals surface area (Å²) in [5.41, 5.74) is -1.11. The normalized spacial score (nSPS) is 12.7. The van der Waals surface area contributed by atoms with E-state index in [0.29, 0.717) is 0 Å². The lowest BCUT2D eigenvalue weighted by Gasteiger charge is -2.15. The van der Waals surface area contributed by atoms with E-state index in [4.69, 9.17) is 19.6 Å². The van der Waals surface area contributed by atoms with Gasteiger partial charge in [0.1, 0.15) is 0 Å².